The number of nitrogens with zero attached hydrogens (tertiary/aromatic N) is 3. The van der Waals surface area contributed by atoms with Crippen LogP contribution < -0.4 is 0 Å². The predicted molar refractivity (Wildman–Crippen MR) is 109 cm³/mol. The van der Waals surface area contributed by atoms with Crippen molar-refractivity contribution in [3.8, 4) is 11.3 Å². The molecule has 5 heteroatoms. The zero-order valence-electron chi connectivity index (χ0n) is 16.3. The number of benzene rings is 1. The standard InChI is InChI=1S/C23H27N3O2/c1-28-23-11-10-18(27)15-20(23)25(14-12-23)16-19-22(17-7-3-2-4-8-17)24-21-9-5-6-13-26(19)21/h2-9,13,18,20,27H,10-12,14-16H2,1H3/t18-,20+,23-/m1/s1. The third-order valence-electron chi connectivity index (χ3n) is 6.70. The molecule has 0 unspecified atom stereocenters. The Hall–Kier alpha value is -2.21. The molecule has 0 spiro atoms. The Morgan fingerprint density at radius 1 is 1.14 bits per heavy atom. The third kappa shape index (κ3) is 2.85. The molecule has 5 nitrogen and oxygen atoms in total. The minimum atomic E-state index is -0.232. The van der Waals surface area contributed by atoms with Crippen molar-refractivity contribution in [1.29, 1.82) is 0 Å². The summed E-state index contributed by atoms with van der Waals surface area (Å²) < 4.78 is 8.23. The lowest BCUT2D eigenvalue weighted by molar-refractivity contribution is -0.0880. The van der Waals surface area contributed by atoms with E-state index in [1.807, 2.05) is 19.2 Å². The van der Waals surface area contributed by atoms with Gasteiger partial charge >= 0.3 is 0 Å². The lowest BCUT2D eigenvalue weighted by Crippen LogP contribution is -2.51. The van der Waals surface area contributed by atoms with E-state index in [0.29, 0.717) is 0 Å². The Morgan fingerprint density at radius 2 is 1.96 bits per heavy atom. The summed E-state index contributed by atoms with van der Waals surface area (Å²) in [6, 6.07) is 16.8. The van der Waals surface area contributed by atoms with Gasteiger partial charge in [-0.05, 0) is 37.8 Å². The molecular formula is C23H27N3O2. The first-order valence-corrected chi connectivity index (χ1v) is 10.2. The molecule has 5 rings (SSSR count). The van der Waals surface area contributed by atoms with E-state index < -0.39 is 0 Å². The molecule has 1 saturated heterocycles. The number of rotatable bonds is 4. The average Bonchev–Trinajstić information content (AvgIpc) is 3.28. The van der Waals surface area contributed by atoms with E-state index in [0.717, 1.165) is 55.7 Å². The van der Waals surface area contributed by atoms with E-state index in [1.165, 1.54) is 5.69 Å². The number of pyridine rings is 1. The Balaban J connectivity index is 1.55. The number of imidazole rings is 1. The van der Waals surface area contributed by atoms with E-state index in [-0.39, 0.29) is 17.7 Å². The second-order valence-electron chi connectivity index (χ2n) is 8.14. The van der Waals surface area contributed by atoms with Crippen LogP contribution in [0.5, 0.6) is 0 Å². The molecule has 1 aliphatic carbocycles. The van der Waals surface area contributed by atoms with Gasteiger partial charge in [0, 0.05) is 38.0 Å². The van der Waals surface area contributed by atoms with Crippen molar-refractivity contribution in [3.63, 3.8) is 0 Å². The van der Waals surface area contributed by atoms with Crippen molar-refractivity contribution in [2.24, 2.45) is 0 Å². The Bertz CT molecular complexity index is 970. The first-order chi connectivity index (χ1) is 13.7. The third-order valence-corrected chi connectivity index (χ3v) is 6.70. The maximum absolute atomic E-state index is 10.3. The highest BCUT2D eigenvalue weighted by molar-refractivity contribution is 5.66. The van der Waals surface area contributed by atoms with Gasteiger partial charge in [-0.15, -0.1) is 0 Å². The molecule has 1 N–H and O–H groups in total. The first kappa shape index (κ1) is 17.9. The molecule has 2 fully saturated rings. The summed E-state index contributed by atoms with van der Waals surface area (Å²) in [4.78, 5) is 7.43. The summed E-state index contributed by atoms with van der Waals surface area (Å²) in [7, 11) is 1.83. The van der Waals surface area contributed by atoms with Crippen LogP contribution >= 0.6 is 0 Å². The number of aliphatic hydroxyl groups excluding tert-OH is 1. The smallest absolute Gasteiger partial charge is 0.137 e. The van der Waals surface area contributed by atoms with Crippen molar-refractivity contribution in [1.82, 2.24) is 14.3 Å². The van der Waals surface area contributed by atoms with Gasteiger partial charge in [-0.3, -0.25) is 4.90 Å². The molecule has 3 heterocycles. The summed E-state index contributed by atoms with van der Waals surface area (Å²) >= 11 is 0. The van der Waals surface area contributed by atoms with Crippen molar-refractivity contribution in [3.05, 3.63) is 60.4 Å². The molecule has 0 bridgehead atoms. The number of hydrogen-bond acceptors (Lipinski definition) is 4. The molecule has 2 aliphatic rings. The van der Waals surface area contributed by atoms with Crippen molar-refractivity contribution < 1.29 is 9.84 Å². The SMILES string of the molecule is CO[C@@]12CC[C@@H](O)C[C@@H]1N(Cc1c(-c3ccccc3)nc3ccccn13)CC2. The van der Waals surface area contributed by atoms with E-state index in [9.17, 15) is 5.11 Å². The molecule has 28 heavy (non-hydrogen) atoms. The van der Waals surface area contributed by atoms with Crippen molar-refractivity contribution in [2.45, 2.75) is 50.0 Å². The normalized spacial score (nSPS) is 27.9. The quantitative estimate of drug-likeness (QED) is 0.756. The molecular weight excluding hydrogens is 350 g/mol. The van der Waals surface area contributed by atoms with Crippen molar-refractivity contribution in [2.75, 3.05) is 13.7 Å². The monoisotopic (exact) mass is 377 g/mol. The number of likely N-dealkylation sites (tertiary alicyclic amines) is 1. The summed E-state index contributed by atoms with van der Waals surface area (Å²) in [5.41, 5.74) is 4.23. The lowest BCUT2D eigenvalue weighted by Gasteiger charge is -2.42. The maximum atomic E-state index is 10.3. The molecule has 3 aromatic rings. The van der Waals surface area contributed by atoms with Gasteiger partial charge in [0.15, 0.2) is 0 Å². The van der Waals surface area contributed by atoms with Gasteiger partial charge in [0.2, 0.25) is 0 Å². The second kappa shape index (κ2) is 6.99. The Morgan fingerprint density at radius 3 is 2.79 bits per heavy atom. The van der Waals surface area contributed by atoms with Gasteiger partial charge in [-0.1, -0.05) is 36.4 Å². The van der Waals surface area contributed by atoms with Crippen LogP contribution in [0, 0.1) is 0 Å². The maximum Gasteiger partial charge on any atom is 0.137 e. The van der Waals surface area contributed by atoms with Gasteiger partial charge in [0.1, 0.15) is 5.65 Å². The number of ether oxygens (including phenoxy) is 1. The Kier molecular flexibility index (Phi) is 4.46. The van der Waals surface area contributed by atoms with Gasteiger partial charge in [0.05, 0.1) is 23.1 Å². The van der Waals surface area contributed by atoms with E-state index in [1.54, 1.807) is 0 Å². The fourth-order valence-corrected chi connectivity index (χ4v) is 5.18. The van der Waals surface area contributed by atoms with Gasteiger partial charge < -0.3 is 14.2 Å². The minimum absolute atomic E-state index is 0.118. The number of aromatic nitrogens is 2. The minimum Gasteiger partial charge on any atom is -0.393 e. The predicted octanol–water partition coefficient (Wildman–Crippen LogP) is 3.51. The fourth-order valence-electron chi connectivity index (χ4n) is 5.18. The van der Waals surface area contributed by atoms with Crippen LogP contribution in [0.25, 0.3) is 16.9 Å². The summed E-state index contributed by atoms with van der Waals surface area (Å²) in [5.74, 6) is 0. The van der Waals surface area contributed by atoms with E-state index in [2.05, 4.69) is 51.9 Å². The van der Waals surface area contributed by atoms with Crippen LogP contribution in [-0.2, 0) is 11.3 Å². The molecule has 1 aromatic carbocycles. The molecule has 1 aliphatic heterocycles. The molecule has 0 radical (unpaired) electrons. The van der Waals surface area contributed by atoms with Gasteiger partial charge in [0.25, 0.3) is 0 Å². The summed E-state index contributed by atoms with van der Waals surface area (Å²) in [6.07, 6.45) is 5.45. The highest BCUT2D eigenvalue weighted by Gasteiger charge is 2.50. The average molecular weight is 377 g/mol. The van der Waals surface area contributed by atoms with Crippen LogP contribution in [0.15, 0.2) is 54.7 Å². The number of methoxy groups -OCH3 is 1. The molecule has 2 aromatic heterocycles. The van der Waals surface area contributed by atoms with Crippen LogP contribution in [0.1, 0.15) is 31.4 Å². The van der Waals surface area contributed by atoms with Crippen LogP contribution in [0.4, 0.5) is 0 Å². The molecule has 146 valence electrons. The van der Waals surface area contributed by atoms with Crippen LogP contribution in [0.2, 0.25) is 0 Å². The molecule has 0 amide bonds. The van der Waals surface area contributed by atoms with Crippen molar-refractivity contribution >= 4 is 5.65 Å². The van der Waals surface area contributed by atoms with Gasteiger partial charge in [-0.25, -0.2) is 4.98 Å². The Labute approximate surface area is 165 Å². The first-order valence-electron chi connectivity index (χ1n) is 10.2. The second-order valence-corrected chi connectivity index (χ2v) is 8.14. The van der Waals surface area contributed by atoms with Gasteiger partial charge in [-0.2, -0.15) is 0 Å². The molecule has 3 atom stereocenters. The fraction of sp³-hybridized carbons (Fsp3) is 0.435. The highest BCUT2D eigenvalue weighted by Crippen LogP contribution is 2.43. The number of fused-ring (bicyclic) bond motifs is 2. The van der Waals surface area contributed by atoms with E-state index in [4.69, 9.17) is 9.72 Å². The van der Waals surface area contributed by atoms with Crippen LogP contribution in [0.3, 0.4) is 0 Å². The number of hydrogen-bond donors (Lipinski definition) is 1. The van der Waals surface area contributed by atoms with E-state index >= 15 is 0 Å². The highest BCUT2D eigenvalue weighted by atomic mass is 16.5. The zero-order chi connectivity index (χ0) is 19.1. The van der Waals surface area contributed by atoms with Crippen LogP contribution in [-0.4, -0.2) is 50.8 Å². The summed E-state index contributed by atoms with van der Waals surface area (Å²) in [5, 5.41) is 10.3. The zero-order valence-corrected chi connectivity index (χ0v) is 16.3. The largest absolute Gasteiger partial charge is 0.393 e. The number of aliphatic hydroxyl groups is 1. The lowest BCUT2D eigenvalue weighted by atomic mass is 9.79. The summed E-state index contributed by atoms with van der Waals surface area (Å²) in [6.45, 7) is 1.79. The molecule has 1 saturated carbocycles. The topological polar surface area (TPSA) is 50.0 Å².